The Morgan fingerprint density at radius 1 is 1.25 bits per heavy atom. The van der Waals surface area contributed by atoms with Gasteiger partial charge in [0.15, 0.2) is 0 Å². The predicted molar refractivity (Wildman–Crippen MR) is 89.6 cm³/mol. The fourth-order valence-corrected chi connectivity index (χ4v) is 2.63. The van der Waals surface area contributed by atoms with Crippen molar-refractivity contribution in [3.8, 4) is 5.75 Å². The summed E-state index contributed by atoms with van der Waals surface area (Å²) in [5.41, 5.74) is 0.446. The third-order valence-electron chi connectivity index (χ3n) is 3.81. The zero-order chi connectivity index (χ0) is 17.5. The monoisotopic (exact) mass is 330 g/mol. The molecule has 0 aliphatic carbocycles. The molecule has 2 rings (SSSR count). The van der Waals surface area contributed by atoms with Gasteiger partial charge >= 0.3 is 5.97 Å². The van der Waals surface area contributed by atoms with Crippen LogP contribution in [-0.2, 0) is 9.59 Å². The lowest BCUT2D eigenvalue weighted by Gasteiger charge is -2.31. The van der Waals surface area contributed by atoms with Gasteiger partial charge in [-0.25, -0.2) is 0 Å². The Bertz CT molecular complexity index is 646. The van der Waals surface area contributed by atoms with Crippen LogP contribution in [0.1, 0.15) is 37.0 Å². The van der Waals surface area contributed by atoms with Crippen molar-refractivity contribution in [3.63, 3.8) is 0 Å². The van der Waals surface area contributed by atoms with E-state index in [2.05, 4.69) is 5.32 Å². The number of likely N-dealkylation sites (tertiary alicyclic amines) is 1. The molecule has 1 aromatic carbocycles. The summed E-state index contributed by atoms with van der Waals surface area (Å²) in [6.45, 7) is 4.38. The normalized spacial score (nSPS) is 15.3. The molecule has 1 N–H and O–H groups in total. The maximum atomic E-state index is 12.3. The highest BCUT2D eigenvalue weighted by Crippen LogP contribution is 2.15. The maximum absolute atomic E-state index is 12.3. The number of carbonyl (C=O) groups excluding carboxylic acids is 3. The molecule has 6 nitrogen and oxygen atoms in total. The zero-order valence-corrected chi connectivity index (χ0v) is 14.0. The van der Waals surface area contributed by atoms with E-state index in [1.54, 1.807) is 41.3 Å². The topological polar surface area (TPSA) is 75.7 Å². The number of carbonyl (C=O) groups is 3. The Hall–Kier alpha value is -2.63. The van der Waals surface area contributed by atoms with Gasteiger partial charge in [0.25, 0.3) is 5.91 Å². The molecule has 0 radical (unpaired) electrons. The molecule has 128 valence electrons. The van der Waals surface area contributed by atoms with Crippen LogP contribution in [0, 0.1) is 0 Å². The first-order chi connectivity index (χ1) is 11.5. The highest BCUT2D eigenvalue weighted by atomic mass is 16.5. The van der Waals surface area contributed by atoms with Crippen LogP contribution in [0.15, 0.2) is 36.4 Å². The number of piperidine rings is 1. The smallest absolute Gasteiger partial charge is 0.308 e. The van der Waals surface area contributed by atoms with E-state index in [0.717, 1.165) is 12.8 Å². The Balaban J connectivity index is 1.89. The van der Waals surface area contributed by atoms with Crippen LogP contribution in [0.2, 0.25) is 0 Å². The summed E-state index contributed by atoms with van der Waals surface area (Å²) in [5.74, 6) is -0.272. The predicted octanol–water partition coefficient (Wildman–Crippen LogP) is 1.91. The number of amides is 2. The van der Waals surface area contributed by atoms with Crippen molar-refractivity contribution in [1.29, 1.82) is 0 Å². The number of nitrogens with one attached hydrogen (secondary N) is 1. The molecule has 1 heterocycles. The quantitative estimate of drug-likeness (QED) is 0.520. The molecule has 2 amide bonds. The number of esters is 1. The van der Waals surface area contributed by atoms with Crippen molar-refractivity contribution in [2.45, 2.75) is 32.7 Å². The number of allylic oxidation sites excluding steroid dienone is 1. The standard InChI is InChI=1S/C18H22N2O4/c1-3-5-17(22)20-10-8-15(9-11-20)19-18(23)14-6-4-7-16(12-14)24-13(2)21/h3-7,12,15H,8-11H2,1-2H3,(H,19,23)/b5-3+. The van der Waals surface area contributed by atoms with Gasteiger partial charge in [0.05, 0.1) is 0 Å². The van der Waals surface area contributed by atoms with E-state index in [0.29, 0.717) is 24.4 Å². The van der Waals surface area contributed by atoms with E-state index in [4.69, 9.17) is 4.74 Å². The summed E-state index contributed by atoms with van der Waals surface area (Å²) in [4.78, 5) is 36.9. The molecular formula is C18H22N2O4. The summed E-state index contributed by atoms with van der Waals surface area (Å²) < 4.78 is 4.99. The lowest BCUT2D eigenvalue weighted by Crippen LogP contribution is -2.46. The highest BCUT2D eigenvalue weighted by molar-refractivity contribution is 5.95. The molecule has 0 bridgehead atoms. The average molecular weight is 330 g/mol. The Morgan fingerprint density at radius 3 is 2.58 bits per heavy atom. The van der Waals surface area contributed by atoms with Crippen LogP contribution < -0.4 is 10.1 Å². The number of hydrogen-bond acceptors (Lipinski definition) is 4. The molecule has 0 aromatic heterocycles. The first-order valence-electron chi connectivity index (χ1n) is 8.00. The van der Waals surface area contributed by atoms with E-state index in [-0.39, 0.29) is 17.9 Å². The summed E-state index contributed by atoms with van der Waals surface area (Å²) in [6.07, 6.45) is 4.73. The van der Waals surface area contributed by atoms with Crippen LogP contribution in [0.4, 0.5) is 0 Å². The fourth-order valence-electron chi connectivity index (χ4n) is 2.63. The maximum Gasteiger partial charge on any atom is 0.308 e. The van der Waals surface area contributed by atoms with Crippen molar-refractivity contribution in [1.82, 2.24) is 10.2 Å². The van der Waals surface area contributed by atoms with Crippen molar-refractivity contribution >= 4 is 17.8 Å². The molecule has 1 aliphatic heterocycles. The molecule has 6 heteroatoms. The molecule has 1 saturated heterocycles. The Labute approximate surface area is 141 Å². The summed E-state index contributed by atoms with van der Waals surface area (Å²) in [6, 6.07) is 6.55. The van der Waals surface area contributed by atoms with Crippen LogP contribution in [0.3, 0.4) is 0 Å². The summed E-state index contributed by atoms with van der Waals surface area (Å²) >= 11 is 0. The number of ether oxygens (including phenoxy) is 1. The van der Waals surface area contributed by atoms with E-state index >= 15 is 0 Å². The van der Waals surface area contributed by atoms with Crippen LogP contribution in [0.25, 0.3) is 0 Å². The third kappa shape index (κ3) is 4.94. The van der Waals surface area contributed by atoms with Crippen molar-refractivity contribution in [2.24, 2.45) is 0 Å². The fraction of sp³-hybridized carbons (Fsp3) is 0.389. The van der Waals surface area contributed by atoms with Gasteiger partial charge < -0.3 is 15.0 Å². The van der Waals surface area contributed by atoms with Crippen LogP contribution >= 0.6 is 0 Å². The molecule has 1 fully saturated rings. The average Bonchev–Trinajstić information content (AvgIpc) is 2.55. The van der Waals surface area contributed by atoms with Crippen LogP contribution in [0.5, 0.6) is 5.75 Å². The van der Waals surface area contributed by atoms with Gasteiger partial charge in [-0.15, -0.1) is 0 Å². The molecule has 0 saturated carbocycles. The van der Waals surface area contributed by atoms with Gasteiger partial charge in [-0.2, -0.15) is 0 Å². The minimum Gasteiger partial charge on any atom is -0.427 e. The third-order valence-corrected chi connectivity index (χ3v) is 3.81. The zero-order valence-electron chi connectivity index (χ0n) is 14.0. The van der Waals surface area contributed by atoms with Gasteiger partial charge in [-0.3, -0.25) is 14.4 Å². The second-order valence-electron chi connectivity index (χ2n) is 5.69. The van der Waals surface area contributed by atoms with Crippen molar-refractivity contribution in [3.05, 3.63) is 42.0 Å². The van der Waals surface area contributed by atoms with Crippen molar-refractivity contribution in [2.75, 3.05) is 13.1 Å². The second-order valence-corrected chi connectivity index (χ2v) is 5.69. The lowest BCUT2D eigenvalue weighted by molar-refractivity contribution is -0.132. The SMILES string of the molecule is C/C=C/C(=O)N1CCC(NC(=O)c2cccc(OC(C)=O)c2)CC1. The molecule has 24 heavy (non-hydrogen) atoms. The van der Waals surface area contributed by atoms with Gasteiger partial charge in [0.2, 0.25) is 5.91 Å². The minimum absolute atomic E-state index is 0.0105. The molecular weight excluding hydrogens is 308 g/mol. The molecule has 0 atom stereocenters. The first kappa shape index (κ1) is 17.7. The van der Waals surface area contributed by atoms with E-state index < -0.39 is 5.97 Å². The largest absolute Gasteiger partial charge is 0.427 e. The number of rotatable bonds is 4. The summed E-state index contributed by atoms with van der Waals surface area (Å²) in [5, 5.41) is 2.97. The summed E-state index contributed by atoms with van der Waals surface area (Å²) in [7, 11) is 0. The van der Waals surface area contributed by atoms with E-state index in [1.165, 1.54) is 6.92 Å². The van der Waals surface area contributed by atoms with E-state index in [1.807, 2.05) is 6.92 Å². The molecule has 1 aliphatic rings. The minimum atomic E-state index is -0.425. The van der Waals surface area contributed by atoms with Gasteiger partial charge in [-0.1, -0.05) is 12.1 Å². The lowest BCUT2D eigenvalue weighted by atomic mass is 10.0. The molecule has 1 aromatic rings. The highest BCUT2D eigenvalue weighted by Gasteiger charge is 2.23. The number of nitrogens with zero attached hydrogens (tertiary/aromatic N) is 1. The van der Waals surface area contributed by atoms with Gasteiger partial charge in [0, 0.05) is 31.6 Å². The van der Waals surface area contributed by atoms with Gasteiger partial charge in [0.1, 0.15) is 5.75 Å². The van der Waals surface area contributed by atoms with Crippen molar-refractivity contribution < 1.29 is 19.1 Å². The first-order valence-corrected chi connectivity index (χ1v) is 8.00. The number of hydrogen-bond donors (Lipinski definition) is 1. The second kappa shape index (κ2) is 8.29. The number of benzene rings is 1. The molecule has 0 spiro atoms. The molecule has 0 unspecified atom stereocenters. The van der Waals surface area contributed by atoms with Crippen LogP contribution in [-0.4, -0.2) is 41.8 Å². The van der Waals surface area contributed by atoms with E-state index in [9.17, 15) is 14.4 Å². The Morgan fingerprint density at radius 2 is 1.96 bits per heavy atom. The Kier molecular flexibility index (Phi) is 6.12. The van der Waals surface area contributed by atoms with Gasteiger partial charge in [-0.05, 0) is 44.0 Å².